The second kappa shape index (κ2) is 11.1. The molecule has 1 saturated carbocycles. The van der Waals surface area contributed by atoms with E-state index in [-0.39, 0.29) is 16.9 Å². The lowest BCUT2D eigenvalue weighted by atomic mass is 9.90. The van der Waals surface area contributed by atoms with Gasteiger partial charge in [-0.3, -0.25) is 4.79 Å². The van der Waals surface area contributed by atoms with Crippen molar-refractivity contribution in [1.29, 1.82) is 0 Å². The lowest BCUT2D eigenvalue weighted by Gasteiger charge is -2.36. The lowest BCUT2D eigenvalue weighted by Crippen LogP contribution is -2.41. The van der Waals surface area contributed by atoms with Crippen LogP contribution in [-0.2, 0) is 15.6 Å². The van der Waals surface area contributed by atoms with Gasteiger partial charge >= 0.3 is 0 Å². The van der Waals surface area contributed by atoms with E-state index >= 15 is 0 Å². The topological polar surface area (TPSA) is 79.4 Å². The van der Waals surface area contributed by atoms with Crippen LogP contribution in [0.25, 0.3) is 10.2 Å². The van der Waals surface area contributed by atoms with Crippen LogP contribution >= 0.6 is 11.3 Å². The normalized spacial score (nSPS) is 22.7. The Labute approximate surface area is 221 Å². The third-order valence-electron chi connectivity index (χ3n) is 8.58. The van der Waals surface area contributed by atoms with Crippen LogP contribution in [0.2, 0.25) is 18.1 Å². The minimum absolute atomic E-state index is 0.119. The summed E-state index contributed by atoms with van der Waals surface area (Å²) in [6.07, 6.45) is 8.99. The third-order valence-corrected chi connectivity index (χ3v) is 14.3. The van der Waals surface area contributed by atoms with Gasteiger partial charge in [0.15, 0.2) is 8.32 Å². The molecule has 2 aliphatic carbocycles. The number of carbonyl (C=O) groups excluding carboxylic acids is 1. The summed E-state index contributed by atoms with van der Waals surface area (Å²) in [4.78, 5) is 27.1. The summed E-state index contributed by atoms with van der Waals surface area (Å²) in [5, 5.41) is 8.21. The Balaban J connectivity index is 1.39. The van der Waals surface area contributed by atoms with Gasteiger partial charge in [-0.15, -0.1) is 11.3 Å². The zero-order valence-corrected chi connectivity index (χ0v) is 25.1. The van der Waals surface area contributed by atoms with Crippen molar-refractivity contribution in [3.05, 3.63) is 16.8 Å². The van der Waals surface area contributed by atoms with E-state index in [0.717, 1.165) is 53.7 Å². The molecule has 1 fully saturated rings. The number of aryl methyl sites for hydroxylation is 1. The summed E-state index contributed by atoms with van der Waals surface area (Å²) < 4.78 is 6.27. The number of hydrogen-bond acceptors (Lipinski definition) is 7. The van der Waals surface area contributed by atoms with Gasteiger partial charge in [0.2, 0.25) is 5.91 Å². The molecule has 2 N–H and O–H groups in total. The van der Waals surface area contributed by atoms with E-state index in [9.17, 15) is 4.79 Å². The van der Waals surface area contributed by atoms with Crippen LogP contribution in [-0.4, -0.2) is 68.4 Å². The van der Waals surface area contributed by atoms with E-state index in [1.807, 2.05) is 0 Å². The third kappa shape index (κ3) is 5.95. The minimum Gasteiger partial charge on any atom is -0.417 e. The molecule has 0 saturated heterocycles. The number of hydrogen-bond donors (Lipinski definition) is 2. The Bertz CT molecular complexity index is 1060. The number of thiophene rings is 1. The minimum atomic E-state index is -1.75. The van der Waals surface area contributed by atoms with Crippen LogP contribution in [0.3, 0.4) is 0 Å². The molecule has 9 heteroatoms. The van der Waals surface area contributed by atoms with Crippen LogP contribution in [0, 0.1) is 0 Å². The second-order valence-corrected chi connectivity index (χ2v) is 18.2. The maximum absolute atomic E-state index is 13.3. The second-order valence-electron chi connectivity index (χ2n) is 12.3. The molecule has 1 atom stereocenters. The van der Waals surface area contributed by atoms with E-state index < -0.39 is 8.32 Å². The van der Waals surface area contributed by atoms with Crippen LogP contribution in [0.5, 0.6) is 0 Å². The lowest BCUT2D eigenvalue weighted by molar-refractivity contribution is -0.122. The zero-order valence-electron chi connectivity index (χ0n) is 23.2. The van der Waals surface area contributed by atoms with E-state index in [1.54, 1.807) is 17.7 Å². The summed E-state index contributed by atoms with van der Waals surface area (Å²) in [7, 11) is 2.60. The predicted octanol–water partition coefficient (Wildman–Crippen LogP) is 5.53. The molecular weight excluding hydrogens is 486 g/mol. The fourth-order valence-corrected chi connectivity index (χ4v) is 7.53. The van der Waals surface area contributed by atoms with Crippen molar-refractivity contribution in [1.82, 2.24) is 20.2 Å². The molecule has 1 amide bonds. The number of carbonyl (C=O) groups is 1. The first-order valence-corrected chi connectivity index (χ1v) is 17.3. The van der Waals surface area contributed by atoms with Gasteiger partial charge in [0.1, 0.15) is 17.0 Å². The molecule has 36 heavy (non-hydrogen) atoms. The molecule has 200 valence electrons. The molecule has 0 spiro atoms. The van der Waals surface area contributed by atoms with E-state index in [0.29, 0.717) is 25.2 Å². The van der Waals surface area contributed by atoms with Crippen LogP contribution in [0.15, 0.2) is 6.33 Å². The van der Waals surface area contributed by atoms with Crippen molar-refractivity contribution in [2.75, 3.05) is 32.6 Å². The first-order chi connectivity index (χ1) is 17.0. The van der Waals surface area contributed by atoms with Gasteiger partial charge in [-0.2, -0.15) is 0 Å². The van der Waals surface area contributed by atoms with Gasteiger partial charge in [-0.1, -0.05) is 20.8 Å². The summed E-state index contributed by atoms with van der Waals surface area (Å²) in [6.45, 7) is 12.7. The average molecular weight is 532 g/mol. The maximum atomic E-state index is 13.3. The first kappa shape index (κ1) is 27.5. The predicted molar refractivity (Wildman–Crippen MR) is 153 cm³/mol. The highest BCUT2D eigenvalue weighted by Crippen LogP contribution is 2.45. The van der Waals surface area contributed by atoms with Crippen molar-refractivity contribution in [3.63, 3.8) is 0 Å². The number of fused-ring (bicyclic) bond motifs is 3. The molecule has 2 heterocycles. The van der Waals surface area contributed by atoms with Gasteiger partial charge in [-0.25, -0.2) is 9.97 Å². The van der Waals surface area contributed by atoms with Gasteiger partial charge in [0.25, 0.3) is 0 Å². The SMILES string of the molecule is CN(C)[C@H]1CC[C@H](Nc2ncnc3sc4c(c23)C(C(=O)NCCCO[Si](C)(C)C(C)(C)C)CC4)CC1. The highest BCUT2D eigenvalue weighted by atomic mass is 32.1. The van der Waals surface area contributed by atoms with Crippen LogP contribution in [0.1, 0.15) is 75.7 Å². The number of amides is 1. The Kier molecular flexibility index (Phi) is 8.44. The smallest absolute Gasteiger partial charge is 0.227 e. The summed E-state index contributed by atoms with van der Waals surface area (Å²) >= 11 is 1.73. The molecular formula is C27H45N5O2SSi. The number of aromatic nitrogens is 2. The van der Waals surface area contributed by atoms with Gasteiger partial charge < -0.3 is 20.0 Å². The Morgan fingerprint density at radius 1 is 1.17 bits per heavy atom. The summed E-state index contributed by atoms with van der Waals surface area (Å²) in [5.74, 6) is 0.918. The van der Waals surface area contributed by atoms with Gasteiger partial charge in [0, 0.05) is 30.1 Å². The largest absolute Gasteiger partial charge is 0.417 e. The summed E-state index contributed by atoms with van der Waals surface area (Å²) in [5.41, 5.74) is 1.16. The van der Waals surface area contributed by atoms with Crippen molar-refractivity contribution in [3.8, 4) is 0 Å². The van der Waals surface area contributed by atoms with Crippen molar-refractivity contribution in [2.24, 2.45) is 0 Å². The van der Waals surface area contributed by atoms with Crippen molar-refractivity contribution >= 4 is 41.6 Å². The van der Waals surface area contributed by atoms with E-state index in [1.165, 1.54) is 17.7 Å². The molecule has 2 aromatic rings. The molecule has 0 bridgehead atoms. The van der Waals surface area contributed by atoms with Crippen LogP contribution in [0.4, 0.5) is 5.82 Å². The fraction of sp³-hybridized carbons (Fsp3) is 0.741. The average Bonchev–Trinajstić information content (AvgIpc) is 3.38. The summed E-state index contributed by atoms with van der Waals surface area (Å²) in [6, 6.07) is 1.09. The van der Waals surface area contributed by atoms with Crippen LogP contribution < -0.4 is 10.6 Å². The Hall–Kier alpha value is -1.55. The molecule has 2 aromatic heterocycles. The number of anilines is 1. The highest BCUT2D eigenvalue weighted by Gasteiger charge is 2.37. The molecule has 1 unspecified atom stereocenters. The standard InChI is InChI=1S/C27H45N5O2SSi/c1-27(2,3)36(6,7)34-16-8-15-28-25(33)20-13-14-21-22(20)23-24(29-17-30-26(23)35-21)31-18-9-11-19(12-10-18)32(4)5/h17-20H,8-16H2,1-7H3,(H,28,33)(H,29,30,31)/t18-,19-,20?. The van der Waals surface area contributed by atoms with E-state index in [4.69, 9.17) is 4.43 Å². The maximum Gasteiger partial charge on any atom is 0.227 e. The van der Waals surface area contributed by atoms with E-state index in [2.05, 4.69) is 73.5 Å². The molecule has 2 aliphatic rings. The molecule has 4 rings (SSSR count). The van der Waals surface area contributed by atoms with Crippen molar-refractivity contribution < 1.29 is 9.22 Å². The van der Waals surface area contributed by atoms with Gasteiger partial charge in [-0.05, 0) is 82.7 Å². The fourth-order valence-electron chi connectivity index (χ4n) is 5.23. The molecule has 0 radical (unpaired) electrons. The Morgan fingerprint density at radius 3 is 2.56 bits per heavy atom. The number of rotatable bonds is 9. The highest BCUT2D eigenvalue weighted by molar-refractivity contribution is 7.19. The number of nitrogens with one attached hydrogen (secondary N) is 2. The molecule has 0 aliphatic heterocycles. The quantitative estimate of drug-likeness (QED) is 0.327. The molecule has 7 nitrogen and oxygen atoms in total. The number of nitrogens with zero attached hydrogens (tertiary/aromatic N) is 3. The first-order valence-electron chi connectivity index (χ1n) is 13.6. The molecule has 0 aromatic carbocycles. The van der Waals surface area contributed by atoms with Crippen molar-refractivity contribution in [2.45, 2.75) is 102 Å². The monoisotopic (exact) mass is 531 g/mol. The van der Waals surface area contributed by atoms with Gasteiger partial charge in [0.05, 0.1) is 11.3 Å². The zero-order chi connectivity index (χ0) is 26.1. The Morgan fingerprint density at radius 2 is 1.89 bits per heavy atom.